The van der Waals surface area contributed by atoms with E-state index < -0.39 is 0 Å². The van der Waals surface area contributed by atoms with E-state index in [1.807, 2.05) is 12.5 Å². The molecule has 2 aromatic rings. The van der Waals surface area contributed by atoms with E-state index in [0.717, 1.165) is 72.7 Å². The highest BCUT2D eigenvalue weighted by Gasteiger charge is 2.35. The Morgan fingerprint density at radius 1 is 1.26 bits per heavy atom. The maximum absolute atomic E-state index is 6.07. The van der Waals surface area contributed by atoms with E-state index in [9.17, 15) is 0 Å². The highest BCUT2D eigenvalue weighted by Crippen LogP contribution is 2.33. The van der Waals surface area contributed by atoms with Crippen LogP contribution < -0.4 is 10.6 Å². The molecule has 8 nitrogen and oxygen atoms in total. The van der Waals surface area contributed by atoms with Gasteiger partial charge in [-0.15, -0.1) is 0 Å². The molecule has 0 radical (unpaired) electrons. The van der Waals surface area contributed by atoms with Crippen LogP contribution >= 0.6 is 0 Å². The van der Waals surface area contributed by atoms with Crippen LogP contribution in [0.1, 0.15) is 78.5 Å². The number of aromatic nitrogens is 4. The summed E-state index contributed by atoms with van der Waals surface area (Å²) < 4.78 is 8.26. The van der Waals surface area contributed by atoms with Gasteiger partial charge in [0.05, 0.1) is 24.4 Å². The topological polar surface area (TPSA) is 94.4 Å². The number of aliphatic imine (C=N–C) groups is 1. The second-order valence-electron chi connectivity index (χ2n) is 10.2. The van der Waals surface area contributed by atoms with Gasteiger partial charge in [-0.2, -0.15) is 4.98 Å². The highest BCUT2D eigenvalue weighted by atomic mass is 16.5. The predicted molar refractivity (Wildman–Crippen MR) is 139 cm³/mol. The monoisotopic (exact) mass is 465 g/mol. The van der Waals surface area contributed by atoms with E-state index in [-0.39, 0.29) is 18.2 Å². The number of rotatable bonds is 9. The molecular weight excluding hydrogens is 426 g/mol. The van der Waals surface area contributed by atoms with Crippen LogP contribution in [0, 0.1) is 5.92 Å². The van der Waals surface area contributed by atoms with Gasteiger partial charge in [-0.05, 0) is 51.9 Å². The van der Waals surface area contributed by atoms with E-state index in [2.05, 4.69) is 48.7 Å². The lowest BCUT2D eigenvalue weighted by Crippen LogP contribution is -2.43. The number of hydrogen-bond donors (Lipinski definition) is 1. The Kier molecular flexibility index (Phi) is 7.36. The minimum absolute atomic E-state index is 0.255. The molecular formula is C26H39N7O. The van der Waals surface area contributed by atoms with Crippen molar-refractivity contribution in [3.63, 3.8) is 0 Å². The summed E-state index contributed by atoms with van der Waals surface area (Å²) in [4.78, 5) is 21.7. The molecule has 2 saturated heterocycles. The second-order valence-corrected chi connectivity index (χ2v) is 10.2. The molecule has 2 fully saturated rings. The number of morpholine rings is 1. The Balaban J connectivity index is 1.86. The zero-order chi connectivity index (χ0) is 24.4. The van der Waals surface area contributed by atoms with Gasteiger partial charge in [0, 0.05) is 30.9 Å². The molecule has 2 aliphatic heterocycles. The van der Waals surface area contributed by atoms with Gasteiger partial charge in [-0.25, -0.2) is 15.0 Å². The van der Waals surface area contributed by atoms with Crippen LogP contribution in [0.15, 0.2) is 29.7 Å². The minimum Gasteiger partial charge on any atom is -0.387 e. The van der Waals surface area contributed by atoms with Crippen LogP contribution in [0.5, 0.6) is 0 Å². The van der Waals surface area contributed by atoms with Crippen LogP contribution in [0.2, 0.25) is 0 Å². The predicted octanol–water partition coefficient (Wildman–Crippen LogP) is 4.88. The van der Waals surface area contributed by atoms with Crippen LogP contribution in [0.25, 0.3) is 16.7 Å². The van der Waals surface area contributed by atoms with Gasteiger partial charge in [-0.3, -0.25) is 0 Å². The van der Waals surface area contributed by atoms with Crippen molar-refractivity contribution in [1.82, 2.24) is 19.5 Å². The second kappa shape index (κ2) is 10.3. The Morgan fingerprint density at radius 3 is 2.59 bits per heavy atom. The third-order valence-electron chi connectivity index (χ3n) is 6.69. The summed E-state index contributed by atoms with van der Waals surface area (Å²) in [5.41, 5.74) is 10.4. The maximum Gasteiger partial charge on any atom is 0.228 e. The lowest BCUT2D eigenvalue weighted by molar-refractivity contribution is 0.0299. The van der Waals surface area contributed by atoms with Gasteiger partial charge in [0.2, 0.25) is 5.95 Å². The molecule has 2 aromatic heterocycles. The molecule has 4 rings (SSSR count). The molecule has 0 aliphatic carbocycles. The van der Waals surface area contributed by atoms with E-state index in [4.69, 9.17) is 25.4 Å². The number of hydrogen-bond acceptors (Lipinski definition) is 6. The molecule has 0 saturated carbocycles. The molecule has 3 atom stereocenters. The fourth-order valence-electron chi connectivity index (χ4n) is 4.93. The van der Waals surface area contributed by atoms with Crippen molar-refractivity contribution < 1.29 is 4.74 Å². The van der Waals surface area contributed by atoms with Crippen molar-refractivity contribution in [2.45, 2.75) is 85.0 Å². The standard InChI is InChI=1S/C26H39N7O/c1-7-17(4)11-20(12-28-19(6)27)23-24-25(33(15-29-24)18(5)10-16(2)3)31-26(30-23)32-13-21-8-9-22(14-32)34-21/h12,15-16,18,21-22H,4,7-11,13-14H2,1-3,5-6H3,(H2,27,28)/b20-12+. The first-order valence-electron chi connectivity index (χ1n) is 12.6. The normalized spacial score (nSPS) is 22.1. The number of amidine groups is 1. The van der Waals surface area contributed by atoms with Gasteiger partial charge < -0.3 is 19.9 Å². The molecule has 34 heavy (non-hydrogen) atoms. The first-order valence-corrected chi connectivity index (χ1v) is 12.6. The van der Waals surface area contributed by atoms with Crippen molar-refractivity contribution in [1.29, 1.82) is 0 Å². The molecule has 0 spiro atoms. The molecule has 4 heterocycles. The van der Waals surface area contributed by atoms with Gasteiger partial charge in [0.25, 0.3) is 0 Å². The molecule has 0 amide bonds. The Bertz CT molecular complexity index is 1080. The van der Waals surface area contributed by atoms with Gasteiger partial charge in [0.15, 0.2) is 5.65 Å². The number of fused-ring (bicyclic) bond motifs is 3. The van der Waals surface area contributed by atoms with Crippen molar-refractivity contribution in [3.05, 3.63) is 30.4 Å². The van der Waals surface area contributed by atoms with Crippen molar-refractivity contribution >= 4 is 28.5 Å². The number of ether oxygens (including phenoxy) is 1. The fourth-order valence-corrected chi connectivity index (χ4v) is 4.93. The van der Waals surface area contributed by atoms with Crippen molar-refractivity contribution in [2.24, 2.45) is 16.6 Å². The van der Waals surface area contributed by atoms with E-state index >= 15 is 0 Å². The number of anilines is 1. The summed E-state index contributed by atoms with van der Waals surface area (Å²) in [6, 6.07) is 0.281. The van der Waals surface area contributed by atoms with Crippen molar-refractivity contribution in [3.8, 4) is 0 Å². The zero-order valence-electron chi connectivity index (χ0n) is 21.3. The lowest BCUT2D eigenvalue weighted by Gasteiger charge is -2.32. The summed E-state index contributed by atoms with van der Waals surface area (Å²) in [5, 5.41) is 0. The summed E-state index contributed by atoms with van der Waals surface area (Å²) in [6.45, 7) is 16.5. The first kappa shape index (κ1) is 24.4. The van der Waals surface area contributed by atoms with Crippen LogP contribution in [-0.2, 0) is 4.74 Å². The fraction of sp³-hybridized carbons (Fsp3) is 0.615. The average Bonchev–Trinajstić information content (AvgIpc) is 3.37. The summed E-state index contributed by atoms with van der Waals surface area (Å²) in [6.07, 6.45) is 9.05. The zero-order valence-corrected chi connectivity index (χ0v) is 21.3. The first-order chi connectivity index (χ1) is 16.2. The minimum atomic E-state index is 0.255. The summed E-state index contributed by atoms with van der Waals surface area (Å²) in [5.74, 6) is 1.82. The number of imidazole rings is 1. The Labute approximate surface area is 203 Å². The molecule has 0 aromatic carbocycles. The molecule has 2 bridgehead atoms. The van der Waals surface area contributed by atoms with Crippen LogP contribution in [-0.4, -0.2) is 50.7 Å². The summed E-state index contributed by atoms with van der Waals surface area (Å²) in [7, 11) is 0. The third kappa shape index (κ3) is 5.32. The van der Waals surface area contributed by atoms with Crippen LogP contribution in [0.3, 0.4) is 0 Å². The van der Waals surface area contributed by atoms with Crippen molar-refractivity contribution in [2.75, 3.05) is 18.0 Å². The average molecular weight is 466 g/mol. The molecule has 2 N–H and O–H groups in total. The number of nitrogens with zero attached hydrogens (tertiary/aromatic N) is 6. The molecule has 184 valence electrons. The third-order valence-corrected chi connectivity index (χ3v) is 6.69. The SMILES string of the molecule is C=C(CC)C/C(=C\N=C(C)N)c1nc(N2CC3CCC(C2)O3)nc2c1ncn2C(C)CC(C)C. The quantitative estimate of drug-likeness (QED) is 0.322. The molecule has 8 heteroatoms. The van der Waals surface area contributed by atoms with E-state index in [1.165, 1.54) is 0 Å². The number of allylic oxidation sites excluding steroid dienone is 2. The summed E-state index contributed by atoms with van der Waals surface area (Å²) >= 11 is 0. The maximum atomic E-state index is 6.07. The van der Waals surface area contributed by atoms with Crippen LogP contribution in [0.4, 0.5) is 5.95 Å². The van der Waals surface area contributed by atoms with E-state index in [0.29, 0.717) is 18.2 Å². The molecule has 3 unspecified atom stereocenters. The smallest absolute Gasteiger partial charge is 0.228 e. The molecule has 2 aliphatic rings. The Hall–Kier alpha value is -2.74. The largest absolute Gasteiger partial charge is 0.387 e. The van der Waals surface area contributed by atoms with Gasteiger partial charge in [-0.1, -0.05) is 32.9 Å². The van der Waals surface area contributed by atoms with Gasteiger partial charge in [0.1, 0.15) is 11.2 Å². The Morgan fingerprint density at radius 2 is 1.97 bits per heavy atom. The van der Waals surface area contributed by atoms with E-state index in [1.54, 1.807) is 6.92 Å². The lowest BCUT2D eigenvalue weighted by atomic mass is 10.0. The van der Waals surface area contributed by atoms with Gasteiger partial charge >= 0.3 is 0 Å². The highest BCUT2D eigenvalue weighted by molar-refractivity contribution is 5.87. The number of nitrogens with two attached hydrogens (primary N) is 1.